The summed E-state index contributed by atoms with van der Waals surface area (Å²) in [5.74, 6) is 0.233. The molecule has 0 amide bonds. The Balaban J connectivity index is 2.35. The SMILES string of the molecule is CN(C)C1(CNCCS(C)(=O)=O)CCCC1. The number of nitrogens with one attached hydrogen (secondary N) is 1. The fraction of sp³-hybridized carbons (Fsp3) is 1.00. The molecule has 16 heavy (non-hydrogen) atoms. The zero-order chi connectivity index (χ0) is 12.2. The molecule has 1 N–H and O–H groups in total. The fourth-order valence-electron chi connectivity index (χ4n) is 2.39. The molecular weight excluding hydrogens is 224 g/mol. The Hall–Kier alpha value is -0.130. The number of hydrogen-bond acceptors (Lipinski definition) is 4. The van der Waals surface area contributed by atoms with Gasteiger partial charge in [0.1, 0.15) is 9.84 Å². The molecule has 4 nitrogen and oxygen atoms in total. The Morgan fingerprint density at radius 2 is 1.81 bits per heavy atom. The molecule has 0 unspecified atom stereocenters. The second kappa shape index (κ2) is 5.47. The van der Waals surface area contributed by atoms with E-state index in [2.05, 4.69) is 24.3 Å². The van der Waals surface area contributed by atoms with Crippen molar-refractivity contribution in [3.05, 3.63) is 0 Å². The van der Waals surface area contributed by atoms with E-state index in [-0.39, 0.29) is 11.3 Å². The smallest absolute Gasteiger partial charge is 0.148 e. The molecule has 5 heteroatoms. The largest absolute Gasteiger partial charge is 0.314 e. The molecule has 0 bridgehead atoms. The van der Waals surface area contributed by atoms with E-state index in [9.17, 15) is 8.42 Å². The van der Waals surface area contributed by atoms with Crippen molar-refractivity contribution >= 4 is 9.84 Å². The molecule has 1 fully saturated rings. The van der Waals surface area contributed by atoms with Crippen LogP contribution in [0.1, 0.15) is 25.7 Å². The second-order valence-corrected chi connectivity index (χ2v) is 7.39. The first-order chi connectivity index (χ1) is 7.36. The third-order valence-corrected chi connectivity index (χ3v) is 4.53. The molecule has 0 saturated heterocycles. The van der Waals surface area contributed by atoms with Gasteiger partial charge in [-0.05, 0) is 26.9 Å². The van der Waals surface area contributed by atoms with Crippen molar-refractivity contribution < 1.29 is 8.42 Å². The van der Waals surface area contributed by atoms with Crippen LogP contribution in [-0.4, -0.2) is 58.1 Å². The molecule has 0 aromatic rings. The van der Waals surface area contributed by atoms with Crippen LogP contribution in [0.15, 0.2) is 0 Å². The number of nitrogens with zero attached hydrogens (tertiary/aromatic N) is 1. The van der Waals surface area contributed by atoms with Gasteiger partial charge in [-0.2, -0.15) is 0 Å². The maximum absolute atomic E-state index is 11.0. The molecule has 1 saturated carbocycles. The minimum atomic E-state index is -2.84. The van der Waals surface area contributed by atoms with Crippen molar-refractivity contribution in [1.82, 2.24) is 10.2 Å². The summed E-state index contributed by atoms with van der Waals surface area (Å²) in [6, 6.07) is 0. The lowest BCUT2D eigenvalue weighted by molar-refractivity contribution is 0.155. The van der Waals surface area contributed by atoms with Gasteiger partial charge in [0.05, 0.1) is 5.75 Å². The molecule has 1 aliphatic carbocycles. The van der Waals surface area contributed by atoms with Crippen LogP contribution in [0.4, 0.5) is 0 Å². The Morgan fingerprint density at radius 1 is 1.25 bits per heavy atom. The number of rotatable bonds is 6. The maximum Gasteiger partial charge on any atom is 0.148 e. The average Bonchev–Trinajstić information content (AvgIpc) is 2.60. The molecule has 1 aliphatic rings. The van der Waals surface area contributed by atoms with E-state index < -0.39 is 9.84 Å². The van der Waals surface area contributed by atoms with E-state index in [1.807, 2.05) is 0 Å². The van der Waals surface area contributed by atoms with Crippen LogP contribution in [0.2, 0.25) is 0 Å². The molecule has 0 aromatic heterocycles. The van der Waals surface area contributed by atoms with Crippen LogP contribution in [0.3, 0.4) is 0 Å². The van der Waals surface area contributed by atoms with Crippen LogP contribution in [0, 0.1) is 0 Å². The van der Waals surface area contributed by atoms with Gasteiger partial charge in [0.15, 0.2) is 0 Å². The van der Waals surface area contributed by atoms with Crippen molar-refractivity contribution in [3.63, 3.8) is 0 Å². The Labute approximate surface area is 99.3 Å². The van der Waals surface area contributed by atoms with E-state index >= 15 is 0 Å². The first-order valence-electron chi connectivity index (χ1n) is 5.92. The standard InChI is InChI=1S/C11H24N2O2S/c1-13(2)11(6-4-5-7-11)10-12-8-9-16(3,14)15/h12H,4-10H2,1-3H3. The monoisotopic (exact) mass is 248 g/mol. The van der Waals surface area contributed by atoms with E-state index in [0.717, 1.165) is 6.54 Å². The molecule has 0 spiro atoms. The highest BCUT2D eigenvalue weighted by Gasteiger charge is 2.35. The summed E-state index contributed by atoms with van der Waals surface area (Å²) in [6.07, 6.45) is 6.28. The predicted molar refractivity (Wildman–Crippen MR) is 67.5 cm³/mol. The average molecular weight is 248 g/mol. The van der Waals surface area contributed by atoms with Gasteiger partial charge < -0.3 is 10.2 Å². The van der Waals surface area contributed by atoms with E-state index in [1.165, 1.54) is 31.9 Å². The van der Waals surface area contributed by atoms with Crippen molar-refractivity contribution in [2.75, 3.05) is 39.2 Å². The number of sulfone groups is 1. The molecule has 1 rings (SSSR count). The molecule has 0 heterocycles. The first kappa shape index (κ1) is 13.9. The Bertz CT molecular complexity index is 306. The Morgan fingerprint density at radius 3 is 2.25 bits per heavy atom. The van der Waals surface area contributed by atoms with Gasteiger partial charge >= 0.3 is 0 Å². The second-order valence-electron chi connectivity index (χ2n) is 5.13. The van der Waals surface area contributed by atoms with Gasteiger partial charge in [-0.15, -0.1) is 0 Å². The van der Waals surface area contributed by atoms with E-state index in [1.54, 1.807) is 0 Å². The summed E-state index contributed by atoms with van der Waals surface area (Å²) < 4.78 is 22.0. The minimum absolute atomic E-state index is 0.233. The van der Waals surface area contributed by atoms with Gasteiger partial charge in [-0.3, -0.25) is 0 Å². The molecule has 0 radical (unpaired) electrons. The third kappa shape index (κ3) is 4.03. The summed E-state index contributed by atoms with van der Waals surface area (Å²) in [7, 11) is 1.39. The lowest BCUT2D eigenvalue weighted by Gasteiger charge is -2.36. The van der Waals surface area contributed by atoms with Gasteiger partial charge in [-0.25, -0.2) is 8.42 Å². The van der Waals surface area contributed by atoms with Gasteiger partial charge in [0, 0.05) is 24.9 Å². The highest BCUT2D eigenvalue weighted by Crippen LogP contribution is 2.32. The molecular formula is C11H24N2O2S. The minimum Gasteiger partial charge on any atom is -0.314 e. The first-order valence-corrected chi connectivity index (χ1v) is 7.98. The highest BCUT2D eigenvalue weighted by atomic mass is 32.2. The van der Waals surface area contributed by atoms with Crippen LogP contribution in [0.5, 0.6) is 0 Å². The zero-order valence-corrected chi connectivity index (χ0v) is 11.4. The van der Waals surface area contributed by atoms with E-state index in [0.29, 0.717) is 6.54 Å². The zero-order valence-electron chi connectivity index (χ0n) is 10.6. The number of hydrogen-bond donors (Lipinski definition) is 1. The molecule has 0 aromatic carbocycles. The third-order valence-electron chi connectivity index (χ3n) is 3.59. The quantitative estimate of drug-likeness (QED) is 0.695. The van der Waals surface area contributed by atoms with Gasteiger partial charge in [-0.1, -0.05) is 12.8 Å². The van der Waals surface area contributed by atoms with Crippen LogP contribution in [0.25, 0.3) is 0 Å². The lowest BCUT2D eigenvalue weighted by atomic mass is 9.96. The van der Waals surface area contributed by atoms with E-state index in [4.69, 9.17) is 0 Å². The lowest BCUT2D eigenvalue weighted by Crippen LogP contribution is -2.50. The fourth-order valence-corrected chi connectivity index (χ4v) is 2.91. The summed E-state index contributed by atoms with van der Waals surface area (Å²) in [5, 5.41) is 3.29. The molecule has 0 atom stereocenters. The highest BCUT2D eigenvalue weighted by molar-refractivity contribution is 7.90. The maximum atomic E-state index is 11.0. The van der Waals surface area contributed by atoms with Gasteiger partial charge in [0.25, 0.3) is 0 Å². The summed E-state index contributed by atoms with van der Waals surface area (Å²) in [4.78, 5) is 2.29. The van der Waals surface area contributed by atoms with Crippen LogP contribution >= 0.6 is 0 Å². The normalized spacial score (nSPS) is 20.5. The predicted octanol–water partition coefficient (Wildman–Crippen LogP) is 0.495. The summed E-state index contributed by atoms with van der Waals surface area (Å²) >= 11 is 0. The van der Waals surface area contributed by atoms with Crippen LogP contribution < -0.4 is 5.32 Å². The molecule has 96 valence electrons. The van der Waals surface area contributed by atoms with Crippen molar-refractivity contribution in [2.24, 2.45) is 0 Å². The van der Waals surface area contributed by atoms with Crippen molar-refractivity contribution in [3.8, 4) is 0 Å². The molecule has 0 aliphatic heterocycles. The summed E-state index contributed by atoms with van der Waals surface area (Å²) in [5.41, 5.74) is 0.248. The number of likely N-dealkylation sites (N-methyl/N-ethyl adjacent to an activating group) is 1. The van der Waals surface area contributed by atoms with Crippen LogP contribution in [-0.2, 0) is 9.84 Å². The van der Waals surface area contributed by atoms with Crippen molar-refractivity contribution in [2.45, 2.75) is 31.2 Å². The van der Waals surface area contributed by atoms with Crippen molar-refractivity contribution in [1.29, 1.82) is 0 Å². The topological polar surface area (TPSA) is 49.4 Å². The van der Waals surface area contributed by atoms with Gasteiger partial charge in [0.2, 0.25) is 0 Å². The summed E-state index contributed by atoms with van der Waals surface area (Å²) in [6.45, 7) is 1.46. The Kier molecular flexibility index (Phi) is 4.76.